The third-order valence-corrected chi connectivity index (χ3v) is 5.61. The summed E-state index contributed by atoms with van der Waals surface area (Å²) in [6, 6.07) is 0. The Morgan fingerprint density at radius 2 is 2.27 bits per heavy atom. The quantitative estimate of drug-likeness (QED) is 0.540. The number of morpholine rings is 1. The number of ether oxygens (including phenoxy) is 1. The number of aryl methyl sites for hydroxylation is 1. The summed E-state index contributed by atoms with van der Waals surface area (Å²) >= 11 is 2.79. The molecule has 140 valence electrons. The fraction of sp³-hybridized carbons (Fsp3) is 0.500. The highest BCUT2D eigenvalue weighted by Crippen LogP contribution is 2.20. The van der Waals surface area contributed by atoms with Crippen molar-refractivity contribution in [3.05, 3.63) is 29.6 Å². The zero-order valence-corrected chi connectivity index (χ0v) is 16.3. The first kappa shape index (κ1) is 19.0. The SMILES string of the molecule is C=CCn1c(CN2CCOCC2)nnc1SCC(=O)Nc1nc(C)cs1. The molecule has 3 rings (SSSR count). The maximum Gasteiger partial charge on any atom is 0.236 e. The van der Waals surface area contributed by atoms with Gasteiger partial charge in [-0.1, -0.05) is 17.8 Å². The van der Waals surface area contributed by atoms with Crippen molar-refractivity contribution < 1.29 is 9.53 Å². The van der Waals surface area contributed by atoms with E-state index in [9.17, 15) is 4.79 Å². The summed E-state index contributed by atoms with van der Waals surface area (Å²) in [5.41, 5.74) is 0.899. The number of allylic oxidation sites excluding steroid dienone is 1. The smallest absolute Gasteiger partial charge is 0.236 e. The van der Waals surface area contributed by atoms with Crippen LogP contribution in [0.4, 0.5) is 5.13 Å². The molecule has 0 atom stereocenters. The number of rotatable bonds is 8. The minimum atomic E-state index is -0.104. The van der Waals surface area contributed by atoms with Gasteiger partial charge in [0.1, 0.15) is 5.82 Å². The molecule has 0 bridgehead atoms. The molecule has 2 aromatic heterocycles. The molecule has 10 heteroatoms. The molecule has 8 nitrogen and oxygen atoms in total. The number of hydrogen-bond acceptors (Lipinski definition) is 8. The van der Waals surface area contributed by atoms with Crippen LogP contribution in [-0.4, -0.2) is 62.6 Å². The molecule has 26 heavy (non-hydrogen) atoms. The molecule has 0 aliphatic carbocycles. The van der Waals surface area contributed by atoms with E-state index in [1.54, 1.807) is 0 Å². The van der Waals surface area contributed by atoms with Gasteiger partial charge in [0, 0.05) is 25.0 Å². The fourth-order valence-electron chi connectivity index (χ4n) is 2.51. The lowest BCUT2D eigenvalue weighted by molar-refractivity contribution is -0.113. The zero-order valence-electron chi connectivity index (χ0n) is 14.7. The number of nitrogens with zero attached hydrogens (tertiary/aromatic N) is 5. The van der Waals surface area contributed by atoms with Crippen LogP contribution in [0.1, 0.15) is 11.5 Å². The number of carbonyl (C=O) groups excluding carboxylic acids is 1. The number of aromatic nitrogens is 4. The standard InChI is InChI=1S/C16H22N6O2S2/c1-3-4-22-13(9-21-5-7-24-8-6-21)19-20-16(22)26-11-14(23)18-15-17-12(2)10-25-15/h3,10H,1,4-9,11H2,2H3,(H,17,18,23). The highest BCUT2D eigenvalue weighted by atomic mass is 32.2. The van der Waals surface area contributed by atoms with Gasteiger partial charge in [-0.15, -0.1) is 28.1 Å². The van der Waals surface area contributed by atoms with E-state index in [0.717, 1.165) is 49.5 Å². The highest BCUT2D eigenvalue weighted by Gasteiger charge is 2.18. The van der Waals surface area contributed by atoms with Gasteiger partial charge in [0.2, 0.25) is 5.91 Å². The van der Waals surface area contributed by atoms with Crippen molar-refractivity contribution in [2.45, 2.75) is 25.2 Å². The Bertz CT molecular complexity index is 754. The van der Waals surface area contributed by atoms with Crippen LogP contribution in [-0.2, 0) is 22.6 Å². The molecule has 1 aliphatic rings. The van der Waals surface area contributed by atoms with E-state index in [-0.39, 0.29) is 11.7 Å². The molecule has 0 aromatic carbocycles. The van der Waals surface area contributed by atoms with Crippen molar-refractivity contribution in [3.8, 4) is 0 Å². The number of thioether (sulfide) groups is 1. The van der Waals surface area contributed by atoms with Crippen LogP contribution in [0.25, 0.3) is 0 Å². The van der Waals surface area contributed by atoms with Gasteiger partial charge in [0.15, 0.2) is 10.3 Å². The lowest BCUT2D eigenvalue weighted by Crippen LogP contribution is -2.36. The van der Waals surface area contributed by atoms with E-state index in [1.165, 1.54) is 23.1 Å². The van der Waals surface area contributed by atoms with Gasteiger partial charge in [-0.05, 0) is 6.92 Å². The fourth-order valence-corrected chi connectivity index (χ4v) is 3.98. The number of anilines is 1. The molecule has 3 heterocycles. The van der Waals surface area contributed by atoms with Gasteiger partial charge in [-0.25, -0.2) is 4.98 Å². The second-order valence-electron chi connectivity index (χ2n) is 5.82. The summed E-state index contributed by atoms with van der Waals surface area (Å²) in [6.07, 6.45) is 1.81. The van der Waals surface area contributed by atoms with Crippen LogP contribution in [0.5, 0.6) is 0 Å². The van der Waals surface area contributed by atoms with Gasteiger partial charge < -0.3 is 14.6 Å². The Kier molecular flexibility index (Phi) is 6.78. The van der Waals surface area contributed by atoms with Crippen LogP contribution in [0.15, 0.2) is 23.2 Å². The minimum absolute atomic E-state index is 0.104. The van der Waals surface area contributed by atoms with Crippen molar-refractivity contribution in [1.29, 1.82) is 0 Å². The van der Waals surface area contributed by atoms with Gasteiger partial charge in [-0.3, -0.25) is 9.69 Å². The second-order valence-corrected chi connectivity index (χ2v) is 7.62. The highest BCUT2D eigenvalue weighted by molar-refractivity contribution is 7.99. The van der Waals surface area contributed by atoms with E-state index in [0.29, 0.717) is 11.7 Å². The number of thiazole rings is 1. The second kappa shape index (κ2) is 9.26. The third-order valence-electron chi connectivity index (χ3n) is 3.77. The Hall–Kier alpha value is -1.75. The summed E-state index contributed by atoms with van der Waals surface area (Å²) in [5.74, 6) is 1.03. The predicted molar refractivity (Wildman–Crippen MR) is 103 cm³/mol. The molecule has 1 fully saturated rings. The van der Waals surface area contributed by atoms with Crippen molar-refractivity contribution in [2.24, 2.45) is 0 Å². The summed E-state index contributed by atoms with van der Waals surface area (Å²) in [6.45, 7) is 10.3. The molecular weight excluding hydrogens is 372 g/mol. The van der Waals surface area contributed by atoms with Crippen LogP contribution in [0, 0.1) is 6.92 Å². The predicted octanol–water partition coefficient (Wildman–Crippen LogP) is 1.79. The Balaban J connectivity index is 1.59. The van der Waals surface area contributed by atoms with E-state index in [4.69, 9.17) is 4.74 Å². The van der Waals surface area contributed by atoms with Crippen molar-refractivity contribution >= 4 is 34.1 Å². The third kappa shape index (κ3) is 5.13. The molecule has 0 radical (unpaired) electrons. The molecule has 0 saturated carbocycles. The van der Waals surface area contributed by atoms with Crippen molar-refractivity contribution in [1.82, 2.24) is 24.6 Å². The Labute approximate surface area is 160 Å². The number of amides is 1. The lowest BCUT2D eigenvalue weighted by atomic mass is 10.4. The number of nitrogens with one attached hydrogen (secondary N) is 1. The Morgan fingerprint density at radius 3 is 2.96 bits per heavy atom. The zero-order chi connectivity index (χ0) is 18.4. The molecular formula is C16H22N6O2S2. The average Bonchev–Trinajstić information content (AvgIpc) is 3.21. The van der Waals surface area contributed by atoms with E-state index < -0.39 is 0 Å². The van der Waals surface area contributed by atoms with Crippen molar-refractivity contribution in [2.75, 3.05) is 37.4 Å². The van der Waals surface area contributed by atoms with Gasteiger partial charge >= 0.3 is 0 Å². The van der Waals surface area contributed by atoms with E-state index in [1.807, 2.05) is 22.9 Å². The molecule has 1 amide bonds. The van der Waals surface area contributed by atoms with Crippen LogP contribution >= 0.6 is 23.1 Å². The first-order valence-corrected chi connectivity index (χ1v) is 10.2. The maximum atomic E-state index is 12.1. The topological polar surface area (TPSA) is 85.2 Å². The minimum Gasteiger partial charge on any atom is -0.379 e. The average molecular weight is 395 g/mol. The summed E-state index contributed by atoms with van der Waals surface area (Å²) in [5, 5.41) is 14.6. The molecule has 1 saturated heterocycles. The van der Waals surface area contributed by atoms with Gasteiger partial charge in [-0.2, -0.15) is 0 Å². The van der Waals surface area contributed by atoms with Crippen molar-refractivity contribution in [3.63, 3.8) is 0 Å². The monoisotopic (exact) mass is 394 g/mol. The largest absolute Gasteiger partial charge is 0.379 e. The first-order valence-electron chi connectivity index (χ1n) is 8.33. The van der Waals surface area contributed by atoms with Crippen LogP contribution < -0.4 is 5.32 Å². The van der Waals surface area contributed by atoms with Crippen LogP contribution in [0.2, 0.25) is 0 Å². The van der Waals surface area contributed by atoms with Gasteiger partial charge in [0.05, 0.1) is 31.2 Å². The normalized spacial score (nSPS) is 15.1. The molecule has 0 unspecified atom stereocenters. The van der Waals surface area contributed by atoms with E-state index >= 15 is 0 Å². The maximum absolute atomic E-state index is 12.1. The molecule has 0 spiro atoms. The lowest BCUT2D eigenvalue weighted by Gasteiger charge is -2.26. The summed E-state index contributed by atoms with van der Waals surface area (Å²) in [4.78, 5) is 18.7. The first-order chi connectivity index (χ1) is 12.7. The molecule has 2 aromatic rings. The number of hydrogen-bond donors (Lipinski definition) is 1. The van der Waals surface area contributed by atoms with Crippen LogP contribution in [0.3, 0.4) is 0 Å². The Morgan fingerprint density at radius 1 is 1.46 bits per heavy atom. The molecule has 1 N–H and O–H groups in total. The summed E-state index contributed by atoms with van der Waals surface area (Å²) < 4.78 is 7.39. The van der Waals surface area contributed by atoms with Gasteiger partial charge in [0.25, 0.3) is 0 Å². The number of carbonyl (C=O) groups is 1. The molecule has 1 aliphatic heterocycles. The summed E-state index contributed by atoms with van der Waals surface area (Å²) in [7, 11) is 0. The van der Waals surface area contributed by atoms with E-state index in [2.05, 4.69) is 32.0 Å².